The summed E-state index contributed by atoms with van der Waals surface area (Å²) in [6.45, 7) is 11.0. The van der Waals surface area contributed by atoms with Crippen LogP contribution in [0.15, 0.2) is 0 Å². The fourth-order valence-corrected chi connectivity index (χ4v) is 1.44. The molecule has 0 bridgehead atoms. The van der Waals surface area contributed by atoms with Crippen LogP contribution >= 0.6 is 0 Å². The Morgan fingerprint density at radius 3 is 2.25 bits per heavy atom. The summed E-state index contributed by atoms with van der Waals surface area (Å²) in [7, 11) is -0.330. The zero-order chi connectivity index (χ0) is 9.61. The van der Waals surface area contributed by atoms with E-state index in [9.17, 15) is 0 Å². The SMILES string of the molecule is CC(C)C[SiH2]OCOC(C)(C)C. The summed E-state index contributed by atoms with van der Waals surface area (Å²) in [5.74, 6) is 0.770. The van der Waals surface area contributed by atoms with E-state index >= 15 is 0 Å². The summed E-state index contributed by atoms with van der Waals surface area (Å²) >= 11 is 0. The maximum absolute atomic E-state index is 5.44. The smallest absolute Gasteiger partial charge is 0.164 e. The Morgan fingerprint density at radius 1 is 1.25 bits per heavy atom. The number of ether oxygens (including phenoxy) is 1. The minimum absolute atomic E-state index is 0.0633. The second kappa shape index (κ2) is 5.73. The topological polar surface area (TPSA) is 18.5 Å². The molecule has 0 radical (unpaired) electrons. The van der Waals surface area contributed by atoms with E-state index in [4.69, 9.17) is 9.16 Å². The third-order valence-electron chi connectivity index (χ3n) is 1.41. The van der Waals surface area contributed by atoms with Crippen molar-refractivity contribution in [2.45, 2.75) is 46.3 Å². The van der Waals surface area contributed by atoms with E-state index in [0.29, 0.717) is 6.79 Å². The molecule has 0 unspecified atom stereocenters. The Kier molecular flexibility index (Phi) is 5.79. The zero-order valence-electron chi connectivity index (χ0n) is 9.02. The van der Waals surface area contributed by atoms with E-state index in [1.807, 2.05) is 20.8 Å². The van der Waals surface area contributed by atoms with Crippen molar-refractivity contribution in [2.24, 2.45) is 5.92 Å². The molecular formula is C9H22O2Si. The fourth-order valence-electron chi connectivity index (χ4n) is 0.596. The highest BCUT2D eigenvalue weighted by Crippen LogP contribution is 2.06. The third-order valence-corrected chi connectivity index (χ3v) is 3.26. The maximum Gasteiger partial charge on any atom is 0.164 e. The van der Waals surface area contributed by atoms with Crippen LogP contribution in [0.1, 0.15) is 34.6 Å². The molecule has 0 N–H and O–H groups in total. The van der Waals surface area contributed by atoms with Gasteiger partial charge in [-0.2, -0.15) is 0 Å². The van der Waals surface area contributed by atoms with E-state index in [0.717, 1.165) is 5.92 Å². The van der Waals surface area contributed by atoms with Crippen molar-refractivity contribution in [3.05, 3.63) is 0 Å². The highest BCUT2D eigenvalue weighted by atomic mass is 28.2. The lowest BCUT2D eigenvalue weighted by atomic mass is 10.2. The van der Waals surface area contributed by atoms with Crippen molar-refractivity contribution in [1.29, 1.82) is 0 Å². The Morgan fingerprint density at radius 2 is 1.83 bits per heavy atom. The molecule has 0 heterocycles. The molecule has 74 valence electrons. The molecule has 0 fully saturated rings. The van der Waals surface area contributed by atoms with Gasteiger partial charge in [-0.3, -0.25) is 0 Å². The quantitative estimate of drug-likeness (QED) is 0.375. The molecule has 0 aromatic carbocycles. The van der Waals surface area contributed by atoms with Gasteiger partial charge in [0.05, 0.1) is 5.60 Å². The van der Waals surface area contributed by atoms with E-state index in [1.165, 1.54) is 6.04 Å². The molecule has 3 heteroatoms. The van der Waals surface area contributed by atoms with Crippen LogP contribution in [-0.2, 0) is 9.16 Å². The average molecular weight is 190 g/mol. The van der Waals surface area contributed by atoms with Crippen molar-refractivity contribution >= 4 is 9.76 Å². The van der Waals surface area contributed by atoms with Gasteiger partial charge >= 0.3 is 0 Å². The average Bonchev–Trinajstić information content (AvgIpc) is 1.83. The molecule has 0 rings (SSSR count). The predicted molar refractivity (Wildman–Crippen MR) is 55.0 cm³/mol. The van der Waals surface area contributed by atoms with Crippen LogP contribution in [0.3, 0.4) is 0 Å². The fraction of sp³-hybridized carbons (Fsp3) is 1.00. The van der Waals surface area contributed by atoms with E-state index in [1.54, 1.807) is 0 Å². The van der Waals surface area contributed by atoms with Crippen LogP contribution in [0.2, 0.25) is 6.04 Å². The third kappa shape index (κ3) is 10.1. The lowest BCUT2D eigenvalue weighted by molar-refractivity contribution is -0.0756. The molecule has 0 aliphatic carbocycles. The van der Waals surface area contributed by atoms with Crippen molar-refractivity contribution in [3.63, 3.8) is 0 Å². The molecule has 0 spiro atoms. The van der Waals surface area contributed by atoms with E-state index in [-0.39, 0.29) is 15.4 Å². The van der Waals surface area contributed by atoms with Gasteiger partial charge in [-0.15, -0.1) is 0 Å². The summed E-state index contributed by atoms with van der Waals surface area (Å²) in [4.78, 5) is 0. The Hall–Kier alpha value is 0.137. The number of hydrogen-bond donors (Lipinski definition) is 0. The van der Waals surface area contributed by atoms with Gasteiger partial charge in [0.1, 0.15) is 6.79 Å². The molecule has 0 saturated carbocycles. The lowest BCUT2D eigenvalue weighted by Gasteiger charge is -2.19. The standard InChI is InChI=1S/C9H22O2Si/c1-8(2)6-12-11-7-10-9(3,4)5/h8H,6-7,12H2,1-5H3. The van der Waals surface area contributed by atoms with E-state index in [2.05, 4.69) is 13.8 Å². The minimum Gasteiger partial charge on any atom is -0.402 e. The lowest BCUT2D eigenvalue weighted by Crippen LogP contribution is -2.21. The van der Waals surface area contributed by atoms with Crippen molar-refractivity contribution in [3.8, 4) is 0 Å². The van der Waals surface area contributed by atoms with Gasteiger partial charge in [0.15, 0.2) is 9.76 Å². The largest absolute Gasteiger partial charge is 0.402 e. The maximum atomic E-state index is 5.44. The molecule has 2 nitrogen and oxygen atoms in total. The van der Waals surface area contributed by atoms with Crippen LogP contribution < -0.4 is 0 Å². The first-order valence-corrected chi connectivity index (χ1v) is 6.21. The van der Waals surface area contributed by atoms with Gasteiger partial charge in [-0.1, -0.05) is 13.8 Å². The number of rotatable bonds is 5. The first-order valence-electron chi connectivity index (χ1n) is 4.63. The van der Waals surface area contributed by atoms with Gasteiger partial charge in [-0.25, -0.2) is 0 Å². The Labute approximate surface area is 78.6 Å². The van der Waals surface area contributed by atoms with Crippen LogP contribution in [0.25, 0.3) is 0 Å². The second-order valence-corrected chi connectivity index (χ2v) is 5.86. The molecule has 0 aromatic rings. The molecule has 0 amide bonds. The van der Waals surface area contributed by atoms with Gasteiger partial charge in [0.25, 0.3) is 0 Å². The van der Waals surface area contributed by atoms with Crippen molar-refractivity contribution in [1.82, 2.24) is 0 Å². The molecule has 12 heavy (non-hydrogen) atoms. The molecule has 0 aliphatic heterocycles. The van der Waals surface area contributed by atoms with Gasteiger partial charge in [0.2, 0.25) is 0 Å². The Balaban J connectivity index is 3.12. The summed E-state index contributed by atoms with van der Waals surface area (Å²) in [5, 5.41) is 0. The van der Waals surface area contributed by atoms with Crippen molar-refractivity contribution < 1.29 is 9.16 Å². The Bertz CT molecular complexity index is 108. The predicted octanol–water partition coefficient (Wildman–Crippen LogP) is 1.93. The second-order valence-electron chi connectivity index (χ2n) is 4.47. The monoisotopic (exact) mass is 190 g/mol. The van der Waals surface area contributed by atoms with Gasteiger partial charge < -0.3 is 9.16 Å². The molecule has 0 aromatic heterocycles. The molecule has 0 atom stereocenters. The molecular weight excluding hydrogens is 168 g/mol. The number of hydrogen-bond acceptors (Lipinski definition) is 2. The summed E-state index contributed by atoms with van der Waals surface area (Å²) < 4.78 is 10.9. The first kappa shape index (κ1) is 12.1. The summed E-state index contributed by atoms with van der Waals surface area (Å²) in [6.07, 6.45) is 0. The molecule has 0 aliphatic rings. The first-order chi connectivity index (χ1) is 5.42. The van der Waals surface area contributed by atoms with Crippen LogP contribution in [0, 0.1) is 5.92 Å². The highest BCUT2D eigenvalue weighted by Gasteiger charge is 2.08. The normalized spacial score (nSPS) is 13.5. The van der Waals surface area contributed by atoms with Gasteiger partial charge in [0, 0.05) is 0 Å². The summed E-state index contributed by atoms with van der Waals surface area (Å²) in [5.41, 5.74) is -0.0633. The highest BCUT2D eigenvalue weighted by molar-refractivity contribution is 6.27. The van der Waals surface area contributed by atoms with Crippen LogP contribution in [0.5, 0.6) is 0 Å². The minimum atomic E-state index is -0.330. The summed E-state index contributed by atoms with van der Waals surface area (Å²) in [6, 6.07) is 1.24. The van der Waals surface area contributed by atoms with Crippen LogP contribution in [0.4, 0.5) is 0 Å². The van der Waals surface area contributed by atoms with Gasteiger partial charge in [-0.05, 0) is 32.7 Å². The molecule has 0 saturated heterocycles. The van der Waals surface area contributed by atoms with Crippen LogP contribution in [-0.4, -0.2) is 22.2 Å². The van der Waals surface area contributed by atoms with Crippen molar-refractivity contribution in [2.75, 3.05) is 6.79 Å². The van der Waals surface area contributed by atoms with E-state index < -0.39 is 0 Å². The zero-order valence-corrected chi connectivity index (χ0v) is 10.4.